The quantitative estimate of drug-likeness (QED) is 0.131. The Labute approximate surface area is 217 Å². The molecule has 0 aromatic heterocycles. The molecule has 17 atom stereocenters. The van der Waals surface area contributed by atoms with Crippen molar-refractivity contribution in [2.45, 2.75) is 98.7 Å². The van der Waals surface area contributed by atoms with Gasteiger partial charge in [0.05, 0.1) is 50.8 Å². The normalized spacial score (nSPS) is 51.4. The van der Waals surface area contributed by atoms with Crippen molar-refractivity contribution in [1.82, 2.24) is 0 Å². The summed E-state index contributed by atoms with van der Waals surface area (Å²) in [5, 5.41) is 122. The molecule has 0 aliphatic carbocycles. The Morgan fingerprint density at radius 3 is 1.61 bits per heavy atom. The van der Waals surface area contributed by atoms with Crippen molar-refractivity contribution in [3.05, 3.63) is 0 Å². The Balaban J connectivity index is 1.87. The van der Waals surface area contributed by atoms with E-state index in [1.54, 1.807) is 0 Å². The summed E-state index contributed by atoms with van der Waals surface area (Å²) >= 11 is 0. The lowest BCUT2D eigenvalue weighted by atomic mass is 9.78. The molecule has 3 rings (SSSR count). The fourth-order valence-electron chi connectivity index (χ4n) is 5.41. The average Bonchev–Trinajstić information content (AvgIpc) is 3.01. The number of hydrogen-bond donors (Lipinski definition) is 12. The highest BCUT2D eigenvalue weighted by molar-refractivity contribution is 5.02. The zero-order valence-corrected chi connectivity index (χ0v) is 20.6. The third-order valence-corrected chi connectivity index (χ3v) is 7.76. The Kier molecular flexibility index (Phi) is 11.2. The van der Waals surface area contributed by atoms with Crippen molar-refractivity contribution in [1.29, 1.82) is 0 Å². The van der Waals surface area contributed by atoms with Gasteiger partial charge in [-0.1, -0.05) is 6.92 Å². The van der Waals surface area contributed by atoms with E-state index in [-0.39, 0.29) is 0 Å². The molecule has 0 aromatic rings. The van der Waals surface area contributed by atoms with E-state index in [2.05, 4.69) is 0 Å². The molecule has 0 aromatic carbocycles. The summed E-state index contributed by atoms with van der Waals surface area (Å²) in [6, 6.07) is 0. The molecule has 3 fully saturated rings. The predicted octanol–water partition coefficient (Wildman–Crippen LogP) is -7.26. The van der Waals surface area contributed by atoms with Crippen molar-refractivity contribution in [2.75, 3.05) is 26.4 Å². The number of aliphatic hydroxyl groups is 12. The van der Waals surface area contributed by atoms with Crippen LogP contribution >= 0.6 is 0 Å². The first-order chi connectivity index (χ1) is 17.9. The summed E-state index contributed by atoms with van der Waals surface area (Å²) < 4.78 is 22.3. The number of ether oxygens (including phenoxy) is 4. The van der Waals surface area contributed by atoms with E-state index in [1.807, 2.05) is 0 Å². The molecule has 0 bridgehead atoms. The number of hydrogen-bond acceptors (Lipinski definition) is 16. The third-order valence-electron chi connectivity index (χ3n) is 7.76. The van der Waals surface area contributed by atoms with Crippen LogP contribution in [0.4, 0.5) is 0 Å². The van der Waals surface area contributed by atoms with Crippen LogP contribution in [0, 0.1) is 11.8 Å². The molecular weight excluding hydrogens is 520 g/mol. The van der Waals surface area contributed by atoms with E-state index in [0.717, 1.165) is 0 Å². The SMILES string of the molecule is CC1C(O[C@@H]2OC(CO)[C@@H](O)C(O)C2O)[C@H](CO)OC(CO)C([C@H](O)[C@@H]2OC(CO)[C@@H](O)C(O)C2O)[C@H]1O. The van der Waals surface area contributed by atoms with Crippen LogP contribution in [0.15, 0.2) is 0 Å². The lowest BCUT2D eigenvalue weighted by Gasteiger charge is -2.45. The first kappa shape index (κ1) is 31.9. The van der Waals surface area contributed by atoms with Gasteiger partial charge in [-0.3, -0.25) is 0 Å². The van der Waals surface area contributed by atoms with Crippen LogP contribution in [0.25, 0.3) is 0 Å². The van der Waals surface area contributed by atoms with Gasteiger partial charge in [0, 0.05) is 11.8 Å². The molecule has 38 heavy (non-hydrogen) atoms. The summed E-state index contributed by atoms with van der Waals surface area (Å²) in [5.41, 5.74) is 0. The molecule has 0 radical (unpaired) electrons. The van der Waals surface area contributed by atoms with E-state index in [4.69, 9.17) is 18.9 Å². The standard InChI is InChI=1S/C22H40O16/c1-6-12(27)11(15(30)21-18(33)16(31)13(28)8(3-24)36-21)7(2-23)35-10(5-26)20(6)38-22-19(34)17(32)14(29)9(4-25)37-22/h6-34H,2-5H2,1H3/t6?,7?,8?,9?,10-,11?,12-,13+,14+,15-,16?,17?,18?,19?,20?,21-,22-/m0/s1. The van der Waals surface area contributed by atoms with Gasteiger partial charge in [-0.2, -0.15) is 0 Å². The monoisotopic (exact) mass is 560 g/mol. The highest BCUT2D eigenvalue weighted by Crippen LogP contribution is 2.37. The van der Waals surface area contributed by atoms with E-state index >= 15 is 0 Å². The maximum atomic E-state index is 11.3. The highest BCUT2D eigenvalue weighted by atomic mass is 16.7. The van der Waals surface area contributed by atoms with E-state index in [9.17, 15) is 61.3 Å². The molecule has 3 heterocycles. The first-order valence-corrected chi connectivity index (χ1v) is 12.4. The van der Waals surface area contributed by atoms with Crippen LogP contribution in [-0.4, -0.2) is 179 Å². The molecule has 3 aliphatic rings. The highest BCUT2D eigenvalue weighted by Gasteiger charge is 2.55. The van der Waals surface area contributed by atoms with E-state index < -0.39 is 130 Å². The summed E-state index contributed by atoms with van der Waals surface area (Å²) in [6.07, 6.45) is -24.0. The van der Waals surface area contributed by atoms with Gasteiger partial charge in [-0.15, -0.1) is 0 Å². The molecular formula is C22H40O16. The lowest BCUT2D eigenvalue weighted by molar-refractivity contribution is -0.324. The summed E-state index contributed by atoms with van der Waals surface area (Å²) in [6.45, 7) is -1.60. The zero-order valence-electron chi connectivity index (χ0n) is 20.6. The van der Waals surface area contributed by atoms with Gasteiger partial charge in [0.1, 0.15) is 61.0 Å². The van der Waals surface area contributed by atoms with Gasteiger partial charge in [-0.25, -0.2) is 0 Å². The molecule has 16 nitrogen and oxygen atoms in total. The van der Waals surface area contributed by atoms with Crippen LogP contribution in [0.1, 0.15) is 6.92 Å². The second-order valence-electron chi connectivity index (χ2n) is 10.1. The van der Waals surface area contributed by atoms with Gasteiger partial charge in [0.2, 0.25) is 0 Å². The topological polar surface area (TPSA) is 280 Å². The number of rotatable bonds is 8. The fourth-order valence-corrected chi connectivity index (χ4v) is 5.41. The van der Waals surface area contributed by atoms with E-state index in [0.29, 0.717) is 0 Å². The maximum Gasteiger partial charge on any atom is 0.187 e. The predicted molar refractivity (Wildman–Crippen MR) is 120 cm³/mol. The minimum absolute atomic E-state index is 0.729. The second-order valence-corrected chi connectivity index (χ2v) is 10.1. The smallest absolute Gasteiger partial charge is 0.187 e. The second kappa shape index (κ2) is 13.3. The molecule has 12 N–H and O–H groups in total. The Morgan fingerprint density at radius 1 is 0.579 bits per heavy atom. The first-order valence-electron chi connectivity index (χ1n) is 12.4. The van der Waals surface area contributed by atoms with Crippen molar-refractivity contribution >= 4 is 0 Å². The van der Waals surface area contributed by atoms with Crippen molar-refractivity contribution in [3.8, 4) is 0 Å². The van der Waals surface area contributed by atoms with Crippen molar-refractivity contribution in [3.63, 3.8) is 0 Å². The Morgan fingerprint density at radius 2 is 1.08 bits per heavy atom. The van der Waals surface area contributed by atoms with Crippen LogP contribution in [-0.2, 0) is 18.9 Å². The van der Waals surface area contributed by atoms with Gasteiger partial charge < -0.3 is 80.2 Å². The van der Waals surface area contributed by atoms with Gasteiger partial charge in [-0.05, 0) is 0 Å². The van der Waals surface area contributed by atoms with Gasteiger partial charge in [0.25, 0.3) is 0 Å². The van der Waals surface area contributed by atoms with Gasteiger partial charge >= 0.3 is 0 Å². The molecule has 16 heteroatoms. The maximum absolute atomic E-state index is 11.3. The van der Waals surface area contributed by atoms with Crippen LogP contribution in [0.3, 0.4) is 0 Å². The molecule has 0 spiro atoms. The van der Waals surface area contributed by atoms with Crippen LogP contribution < -0.4 is 0 Å². The summed E-state index contributed by atoms with van der Waals surface area (Å²) in [4.78, 5) is 0. The van der Waals surface area contributed by atoms with Crippen molar-refractivity contribution in [2.24, 2.45) is 11.8 Å². The van der Waals surface area contributed by atoms with Crippen molar-refractivity contribution < 1.29 is 80.2 Å². The minimum Gasteiger partial charge on any atom is -0.394 e. The molecule has 0 amide bonds. The minimum atomic E-state index is -1.86. The molecule has 10 unspecified atom stereocenters. The van der Waals surface area contributed by atoms with Crippen LogP contribution in [0.5, 0.6) is 0 Å². The average molecular weight is 561 g/mol. The zero-order chi connectivity index (χ0) is 28.5. The summed E-state index contributed by atoms with van der Waals surface area (Å²) in [7, 11) is 0. The molecule has 224 valence electrons. The third kappa shape index (κ3) is 6.01. The summed E-state index contributed by atoms with van der Waals surface area (Å²) in [5.74, 6) is -2.49. The van der Waals surface area contributed by atoms with Crippen LogP contribution in [0.2, 0.25) is 0 Å². The number of aliphatic hydroxyl groups excluding tert-OH is 12. The van der Waals surface area contributed by atoms with E-state index in [1.165, 1.54) is 6.92 Å². The molecule has 3 saturated heterocycles. The molecule has 0 saturated carbocycles. The molecule has 3 aliphatic heterocycles. The Bertz CT molecular complexity index is 727. The lowest BCUT2D eigenvalue weighted by Crippen LogP contribution is -2.64. The Hall–Kier alpha value is -0.640. The van der Waals surface area contributed by atoms with Gasteiger partial charge in [0.15, 0.2) is 6.29 Å². The fraction of sp³-hybridized carbons (Fsp3) is 1.00. The largest absolute Gasteiger partial charge is 0.394 e.